The highest BCUT2D eigenvalue weighted by Gasteiger charge is 2.29. The quantitative estimate of drug-likeness (QED) is 0.0926. The highest BCUT2D eigenvalue weighted by atomic mass is 16.4. The van der Waals surface area contributed by atoms with Gasteiger partial charge in [-0.3, -0.25) is 19.4 Å². The zero-order chi connectivity index (χ0) is 22.6. The van der Waals surface area contributed by atoms with Crippen LogP contribution in [0.1, 0.15) is 46.0 Å². The zero-order valence-electron chi connectivity index (χ0n) is 16.9. The minimum Gasteiger partial charge on any atom is -0.480 e. The van der Waals surface area contributed by atoms with E-state index in [1.807, 2.05) is 13.8 Å². The van der Waals surface area contributed by atoms with Gasteiger partial charge in [-0.15, -0.1) is 0 Å². The van der Waals surface area contributed by atoms with Gasteiger partial charge in [0.25, 0.3) is 0 Å². The molecule has 0 aromatic heterocycles. The first kappa shape index (κ1) is 26.1. The van der Waals surface area contributed by atoms with E-state index in [1.54, 1.807) is 0 Å². The Hall–Kier alpha value is -2.89. The molecule has 29 heavy (non-hydrogen) atoms. The molecule has 0 fully saturated rings. The van der Waals surface area contributed by atoms with Gasteiger partial charge in [0, 0.05) is 13.0 Å². The van der Waals surface area contributed by atoms with E-state index >= 15 is 0 Å². The van der Waals surface area contributed by atoms with Gasteiger partial charge in [-0.2, -0.15) is 0 Å². The molecule has 11 N–H and O–H groups in total. The second-order valence-corrected chi connectivity index (χ2v) is 6.83. The molecule has 0 heterocycles. The highest BCUT2D eigenvalue weighted by Crippen LogP contribution is 2.08. The first-order valence-electron chi connectivity index (χ1n) is 9.42. The number of hydrogen-bond acceptors (Lipinski definition) is 6. The van der Waals surface area contributed by atoms with Crippen LogP contribution < -0.4 is 33.6 Å². The van der Waals surface area contributed by atoms with Gasteiger partial charge in [0.1, 0.15) is 12.1 Å². The second kappa shape index (κ2) is 13.3. The van der Waals surface area contributed by atoms with Gasteiger partial charge in [-0.1, -0.05) is 20.3 Å². The van der Waals surface area contributed by atoms with Crippen molar-refractivity contribution >= 4 is 29.7 Å². The number of nitrogens with two attached hydrogens (primary N) is 4. The first-order valence-corrected chi connectivity index (χ1v) is 9.42. The third-order valence-corrected chi connectivity index (χ3v) is 4.43. The monoisotopic (exact) mass is 415 g/mol. The molecular weight excluding hydrogens is 382 g/mol. The average molecular weight is 415 g/mol. The molecule has 0 saturated heterocycles. The number of carbonyl (C=O) groups is 4. The number of amides is 3. The van der Waals surface area contributed by atoms with Crippen molar-refractivity contribution < 1.29 is 24.3 Å². The standard InChI is InChI=1S/C17H33N7O5/c1-3-9(2)13(19)15(27)23-10(5-4-8-22-17(20)21)14(26)24-11(16(28)29)6-7-12(18)25/h9-11,13H,3-8,19H2,1-2H3,(H2,18,25)(H,23,27)(H,24,26)(H,28,29)(H4,20,21,22)/t9-,10-,11-,13-/m0/s1. The molecule has 0 aromatic carbocycles. The molecule has 4 atom stereocenters. The highest BCUT2D eigenvalue weighted by molar-refractivity contribution is 5.92. The van der Waals surface area contributed by atoms with Crippen molar-refractivity contribution in [2.24, 2.45) is 33.8 Å². The molecule has 0 aliphatic rings. The summed E-state index contributed by atoms with van der Waals surface area (Å²) in [5, 5.41) is 14.1. The van der Waals surface area contributed by atoms with E-state index in [9.17, 15) is 24.3 Å². The summed E-state index contributed by atoms with van der Waals surface area (Å²) in [6, 6.07) is -3.18. The third-order valence-electron chi connectivity index (χ3n) is 4.43. The summed E-state index contributed by atoms with van der Waals surface area (Å²) in [6.45, 7) is 3.92. The number of aliphatic carboxylic acids is 1. The Labute approximate surface area is 169 Å². The molecule has 0 aromatic rings. The number of nitrogens with zero attached hydrogens (tertiary/aromatic N) is 1. The Morgan fingerprint density at radius 3 is 2.07 bits per heavy atom. The van der Waals surface area contributed by atoms with Crippen molar-refractivity contribution in [1.82, 2.24) is 10.6 Å². The van der Waals surface area contributed by atoms with Crippen molar-refractivity contribution in [2.45, 2.75) is 64.1 Å². The Bertz CT molecular complexity index is 607. The van der Waals surface area contributed by atoms with Crippen molar-refractivity contribution in [2.75, 3.05) is 6.54 Å². The molecule has 166 valence electrons. The molecule has 0 aliphatic carbocycles. The smallest absolute Gasteiger partial charge is 0.326 e. The van der Waals surface area contributed by atoms with Crippen LogP contribution in [0.3, 0.4) is 0 Å². The van der Waals surface area contributed by atoms with Crippen molar-refractivity contribution in [3.8, 4) is 0 Å². The van der Waals surface area contributed by atoms with Crippen LogP contribution in [0.5, 0.6) is 0 Å². The predicted molar refractivity (Wildman–Crippen MR) is 107 cm³/mol. The molecule has 0 unspecified atom stereocenters. The number of carboxylic acid groups (broad SMARTS) is 1. The van der Waals surface area contributed by atoms with E-state index < -0.39 is 41.8 Å². The maximum Gasteiger partial charge on any atom is 0.326 e. The second-order valence-electron chi connectivity index (χ2n) is 6.83. The van der Waals surface area contributed by atoms with E-state index in [4.69, 9.17) is 22.9 Å². The number of nitrogens with one attached hydrogen (secondary N) is 2. The number of carboxylic acids is 1. The maximum atomic E-state index is 12.6. The van der Waals surface area contributed by atoms with Crippen molar-refractivity contribution in [3.63, 3.8) is 0 Å². The van der Waals surface area contributed by atoms with Gasteiger partial charge in [-0.05, 0) is 25.2 Å². The number of rotatable bonds is 14. The summed E-state index contributed by atoms with van der Waals surface area (Å²) in [6.07, 6.45) is 0.802. The maximum absolute atomic E-state index is 12.6. The number of primary amides is 1. The molecule has 0 rings (SSSR count). The summed E-state index contributed by atoms with van der Waals surface area (Å²) in [4.78, 5) is 51.0. The van der Waals surface area contributed by atoms with Crippen LogP contribution in [0.2, 0.25) is 0 Å². The van der Waals surface area contributed by atoms with Crippen LogP contribution in [0.15, 0.2) is 4.99 Å². The summed E-state index contributed by atoms with van der Waals surface area (Å²) in [5.74, 6) is -3.45. The van der Waals surface area contributed by atoms with Crippen LogP contribution in [0, 0.1) is 5.92 Å². The summed E-state index contributed by atoms with van der Waals surface area (Å²) in [7, 11) is 0. The van der Waals surface area contributed by atoms with Gasteiger partial charge in [-0.25, -0.2) is 4.79 Å². The lowest BCUT2D eigenvalue weighted by molar-refractivity contribution is -0.142. The summed E-state index contributed by atoms with van der Waals surface area (Å²) in [5.41, 5.74) is 21.4. The van der Waals surface area contributed by atoms with Crippen molar-refractivity contribution in [3.05, 3.63) is 0 Å². The topological polar surface area (TPSA) is 229 Å². The van der Waals surface area contributed by atoms with Gasteiger partial charge in [0.05, 0.1) is 6.04 Å². The number of aliphatic imine (C=N–C) groups is 1. The molecule has 12 heteroatoms. The molecule has 0 aliphatic heterocycles. The Kier molecular flexibility index (Phi) is 12.0. The van der Waals surface area contributed by atoms with Crippen LogP contribution in [-0.4, -0.2) is 59.4 Å². The van der Waals surface area contributed by atoms with E-state index in [1.165, 1.54) is 0 Å². The lowest BCUT2D eigenvalue weighted by Crippen LogP contribution is -2.55. The Morgan fingerprint density at radius 2 is 1.59 bits per heavy atom. The lowest BCUT2D eigenvalue weighted by atomic mass is 9.98. The molecule has 3 amide bonds. The lowest BCUT2D eigenvalue weighted by Gasteiger charge is -2.24. The molecular formula is C17H33N7O5. The van der Waals surface area contributed by atoms with Crippen LogP contribution in [0.4, 0.5) is 0 Å². The molecule has 0 radical (unpaired) electrons. The van der Waals surface area contributed by atoms with E-state index in [0.29, 0.717) is 12.8 Å². The fraction of sp³-hybridized carbons (Fsp3) is 0.706. The number of guanidine groups is 1. The average Bonchev–Trinajstić information content (AvgIpc) is 2.64. The number of carbonyl (C=O) groups excluding carboxylic acids is 3. The predicted octanol–water partition coefficient (Wildman–Crippen LogP) is -2.27. The number of hydrogen-bond donors (Lipinski definition) is 7. The summed E-state index contributed by atoms with van der Waals surface area (Å²) < 4.78 is 0. The Morgan fingerprint density at radius 1 is 1.00 bits per heavy atom. The fourth-order valence-electron chi connectivity index (χ4n) is 2.37. The molecule has 0 spiro atoms. The molecule has 12 nitrogen and oxygen atoms in total. The van der Waals surface area contributed by atoms with Crippen LogP contribution in [-0.2, 0) is 19.2 Å². The minimum atomic E-state index is -1.32. The largest absolute Gasteiger partial charge is 0.480 e. The van der Waals surface area contributed by atoms with E-state index in [2.05, 4.69) is 15.6 Å². The van der Waals surface area contributed by atoms with Crippen LogP contribution >= 0.6 is 0 Å². The normalized spacial score (nSPS) is 14.7. The summed E-state index contributed by atoms with van der Waals surface area (Å²) >= 11 is 0. The van der Waals surface area contributed by atoms with Gasteiger partial charge in [0.15, 0.2) is 5.96 Å². The van der Waals surface area contributed by atoms with E-state index in [-0.39, 0.29) is 37.7 Å². The first-order chi connectivity index (χ1) is 13.5. The molecule has 0 saturated carbocycles. The third kappa shape index (κ3) is 10.9. The van der Waals surface area contributed by atoms with Crippen molar-refractivity contribution in [1.29, 1.82) is 0 Å². The molecule has 0 bridgehead atoms. The zero-order valence-corrected chi connectivity index (χ0v) is 16.9. The van der Waals surface area contributed by atoms with E-state index in [0.717, 1.165) is 0 Å². The van der Waals surface area contributed by atoms with Gasteiger partial charge >= 0.3 is 5.97 Å². The fourth-order valence-corrected chi connectivity index (χ4v) is 2.37. The minimum absolute atomic E-state index is 0.105. The van der Waals surface area contributed by atoms with Crippen LogP contribution in [0.25, 0.3) is 0 Å². The Balaban J connectivity index is 5.19. The van der Waals surface area contributed by atoms with Gasteiger partial charge in [0.2, 0.25) is 17.7 Å². The SMILES string of the molecule is CC[C@H](C)[C@H](N)C(=O)N[C@@H](CCCN=C(N)N)C(=O)N[C@@H](CCC(N)=O)C(=O)O. The van der Waals surface area contributed by atoms with Gasteiger partial charge < -0.3 is 38.7 Å².